The lowest BCUT2D eigenvalue weighted by molar-refractivity contribution is 0.590. The molecule has 0 aliphatic rings. The van der Waals surface area contributed by atoms with Crippen molar-refractivity contribution in [1.82, 2.24) is 0 Å². The van der Waals surface area contributed by atoms with E-state index in [9.17, 15) is 0 Å². The summed E-state index contributed by atoms with van der Waals surface area (Å²) in [5.41, 5.74) is 14.7. The van der Waals surface area contributed by atoms with Gasteiger partial charge in [-0.15, -0.1) is 0 Å². The number of aryl methyl sites for hydroxylation is 4. The molecule has 0 bridgehead atoms. The van der Waals surface area contributed by atoms with Crippen molar-refractivity contribution in [2.45, 2.75) is 80.1 Å². The molecule has 0 amide bonds. The molecular weight excluding hydrogens is 629 g/mol. The van der Waals surface area contributed by atoms with Gasteiger partial charge in [0.2, 0.25) is 0 Å². The highest BCUT2D eigenvalue weighted by Crippen LogP contribution is 2.51. The van der Waals surface area contributed by atoms with E-state index in [4.69, 9.17) is 0 Å². The first-order valence-corrected chi connectivity index (χ1v) is 18.6. The van der Waals surface area contributed by atoms with Crippen molar-refractivity contribution in [1.29, 1.82) is 0 Å². The van der Waals surface area contributed by atoms with Gasteiger partial charge in [-0.2, -0.15) is 0 Å². The molecule has 262 valence electrons. The van der Waals surface area contributed by atoms with Crippen LogP contribution in [0.3, 0.4) is 0 Å². The van der Waals surface area contributed by atoms with E-state index in [-0.39, 0.29) is 10.8 Å². The Kier molecular flexibility index (Phi) is 8.99. The number of rotatable bonds is 6. The van der Waals surface area contributed by atoms with Crippen LogP contribution in [0.5, 0.6) is 0 Å². The molecule has 2 nitrogen and oxygen atoms in total. The molecule has 0 saturated heterocycles. The van der Waals surface area contributed by atoms with Gasteiger partial charge in [-0.1, -0.05) is 137 Å². The molecule has 0 aliphatic heterocycles. The second-order valence-electron chi connectivity index (χ2n) is 16.7. The van der Waals surface area contributed by atoms with Crippen molar-refractivity contribution in [2.75, 3.05) is 9.80 Å². The Bertz CT molecular complexity index is 2190. The summed E-state index contributed by atoms with van der Waals surface area (Å²) in [6.45, 7) is 22.4. The summed E-state index contributed by atoms with van der Waals surface area (Å²) in [6, 6.07) is 50.3. The van der Waals surface area contributed by atoms with Crippen molar-refractivity contribution in [3.63, 3.8) is 0 Å². The molecule has 52 heavy (non-hydrogen) atoms. The Morgan fingerprint density at radius 1 is 0.308 bits per heavy atom. The number of benzene rings is 7. The first-order chi connectivity index (χ1) is 24.7. The van der Waals surface area contributed by atoms with E-state index < -0.39 is 0 Å². The molecule has 0 N–H and O–H groups in total. The average molecular weight is 681 g/mol. The van der Waals surface area contributed by atoms with Crippen molar-refractivity contribution in [3.8, 4) is 0 Å². The summed E-state index contributed by atoms with van der Waals surface area (Å²) in [4.78, 5) is 4.95. The zero-order chi connectivity index (χ0) is 36.9. The number of hydrogen-bond donors (Lipinski definition) is 0. The Morgan fingerprint density at radius 3 is 0.865 bits per heavy atom. The van der Waals surface area contributed by atoms with Gasteiger partial charge in [0, 0.05) is 44.3 Å². The van der Waals surface area contributed by atoms with Gasteiger partial charge in [0.15, 0.2) is 0 Å². The van der Waals surface area contributed by atoms with Crippen molar-refractivity contribution < 1.29 is 0 Å². The highest BCUT2D eigenvalue weighted by atomic mass is 15.2. The standard InChI is InChI=1S/C50H52N2/c1-33-11-21-39(22-12-33)51(41-25-17-37(18-26-41)49(5,6)7)47-43-29-15-36(4)32-46(43)48(44-30-16-35(3)31-45(44)47)52(40-23-13-34(2)14-24-40)42-27-19-38(20-28-42)50(8,9)10/h11-32H,1-10H3. The summed E-state index contributed by atoms with van der Waals surface area (Å²) in [5, 5.41) is 4.86. The predicted octanol–water partition coefficient (Wildman–Crippen LogP) is 14.8. The average Bonchev–Trinajstić information content (AvgIpc) is 3.10. The smallest absolute Gasteiger partial charge is 0.0620 e. The van der Waals surface area contributed by atoms with E-state index in [0.29, 0.717) is 0 Å². The molecule has 0 aromatic heterocycles. The van der Waals surface area contributed by atoms with Crippen molar-refractivity contribution >= 4 is 55.7 Å². The van der Waals surface area contributed by atoms with Crippen LogP contribution in [0.2, 0.25) is 0 Å². The van der Waals surface area contributed by atoms with Gasteiger partial charge < -0.3 is 9.80 Å². The molecule has 0 atom stereocenters. The lowest BCUT2D eigenvalue weighted by Gasteiger charge is -2.33. The summed E-state index contributed by atoms with van der Waals surface area (Å²) in [5.74, 6) is 0. The lowest BCUT2D eigenvalue weighted by Crippen LogP contribution is -2.16. The molecular formula is C50H52N2. The number of nitrogens with zero attached hydrogens (tertiary/aromatic N) is 2. The molecule has 0 spiro atoms. The number of hydrogen-bond acceptors (Lipinski definition) is 2. The van der Waals surface area contributed by atoms with Crippen LogP contribution in [-0.4, -0.2) is 0 Å². The third-order valence-electron chi connectivity index (χ3n) is 10.4. The first kappa shape index (κ1) is 35.1. The second-order valence-corrected chi connectivity index (χ2v) is 16.7. The minimum absolute atomic E-state index is 0.0629. The molecule has 7 aromatic carbocycles. The Labute approximate surface area is 311 Å². The SMILES string of the molecule is Cc1ccc(N(c2ccc(C(C)(C)C)cc2)c2c3ccc(C)cc3c(N(c3ccc(C)cc3)c3ccc(C(C)(C)C)cc3)c3ccc(C)cc23)cc1. The molecule has 0 unspecified atom stereocenters. The topological polar surface area (TPSA) is 6.48 Å². The van der Waals surface area contributed by atoms with Crippen LogP contribution in [0.25, 0.3) is 21.5 Å². The molecule has 7 aromatic rings. The monoisotopic (exact) mass is 680 g/mol. The minimum atomic E-state index is 0.0629. The third-order valence-corrected chi connectivity index (χ3v) is 10.4. The van der Waals surface area contributed by atoms with Crippen LogP contribution in [0, 0.1) is 27.7 Å². The molecule has 0 heterocycles. The zero-order valence-corrected chi connectivity index (χ0v) is 32.6. The second kappa shape index (κ2) is 13.3. The largest absolute Gasteiger partial charge is 0.309 e. The van der Waals surface area contributed by atoms with Gasteiger partial charge in [-0.05, 0) is 110 Å². The Hall–Kier alpha value is -5.34. The van der Waals surface area contributed by atoms with E-state index in [1.54, 1.807) is 0 Å². The van der Waals surface area contributed by atoms with Crippen LogP contribution >= 0.6 is 0 Å². The van der Waals surface area contributed by atoms with Crippen LogP contribution in [0.15, 0.2) is 133 Å². The molecule has 0 saturated carbocycles. The highest BCUT2D eigenvalue weighted by molar-refractivity contribution is 6.23. The normalized spacial score (nSPS) is 12.0. The number of fused-ring (bicyclic) bond motifs is 2. The maximum Gasteiger partial charge on any atom is 0.0620 e. The molecule has 7 rings (SSSR count). The van der Waals surface area contributed by atoms with E-state index in [0.717, 1.165) is 22.7 Å². The predicted molar refractivity (Wildman–Crippen MR) is 227 cm³/mol. The van der Waals surface area contributed by atoms with Gasteiger partial charge >= 0.3 is 0 Å². The van der Waals surface area contributed by atoms with Crippen molar-refractivity contribution in [3.05, 3.63) is 167 Å². The Balaban J connectivity index is 1.60. The summed E-state index contributed by atoms with van der Waals surface area (Å²) >= 11 is 0. The lowest BCUT2D eigenvalue weighted by atomic mass is 9.87. The quantitative estimate of drug-likeness (QED) is 0.127. The highest BCUT2D eigenvalue weighted by Gasteiger charge is 2.26. The van der Waals surface area contributed by atoms with E-state index in [1.807, 2.05) is 0 Å². The minimum Gasteiger partial charge on any atom is -0.309 e. The fraction of sp³-hybridized carbons (Fsp3) is 0.240. The van der Waals surface area contributed by atoms with Crippen LogP contribution in [0.1, 0.15) is 74.9 Å². The Morgan fingerprint density at radius 2 is 0.577 bits per heavy atom. The van der Waals surface area contributed by atoms with Gasteiger partial charge in [0.05, 0.1) is 11.4 Å². The van der Waals surface area contributed by atoms with E-state index in [2.05, 4.69) is 212 Å². The number of anilines is 6. The van der Waals surface area contributed by atoms with E-state index in [1.165, 1.54) is 66.3 Å². The van der Waals surface area contributed by atoms with E-state index >= 15 is 0 Å². The van der Waals surface area contributed by atoms with Gasteiger partial charge in [-0.3, -0.25) is 0 Å². The maximum atomic E-state index is 2.48. The third kappa shape index (κ3) is 6.71. The fourth-order valence-corrected chi connectivity index (χ4v) is 7.32. The molecule has 0 fully saturated rings. The van der Waals surface area contributed by atoms with Crippen LogP contribution < -0.4 is 9.80 Å². The molecule has 0 aliphatic carbocycles. The summed E-state index contributed by atoms with van der Waals surface area (Å²) in [7, 11) is 0. The molecule has 2 heteroatoms. The summed E-state index contributed by atoms with van der Waals surface area (Å²) in [6.07, 6.45) is 0. The fourth-order valence-electron chi connectivity index (χ4n) is 7.32. The van der Waals surface area contributed by atoms with Crippen molar-refractivity contribution in [2.24, 2.45) is 0 Å². The van der Waals surface area contributed by atoms with Crippen LogP contribution in [-0.2, 0) is 10.8 Å². The summed E-state index contributed by atoms with van der Waals surface area (Å²) < 4.78 is 0. The van der Waals surface area contributed by atoms with Gasteiger partial charge in [0.1, 0.15) is 0 Å². The maximum absolute atomic E-state index is 2.48. The van der Waals surface area contributed by atoms with Gasteiger partial charge in [-0.25, -0.2) is 0 Å². The zero-order valence-electron chi connectivity index (χ0n) is 32.6. The van der Waals surface area contributed by atoms with Gasteiger partial charge in [0.25, 0.3) is 0 Å². The molecule has 0 radical (unpaired) electrons. The van der Waals surface area contributed by atoms with Crippen LogP contribution in [0.4, 0.5) is 34.1 Å². The first-order valence-electron chi connectivity index (χ1n) is 18.6.